The zero-order chi connectivity index (χ0) is 25.8. The van der Waals surface area contributed by atoms with Crippen molar-refractivity contribution in [2.45, 2.75) is 105 Å². The van der Waals surface area contributed by atoms with E-state index in [1.54, 1.807) is 0 Å². The quantitative estimate of drug-likeness (QED) is 0.390. The van der Waals surface area contributed by atoms with Crippen molar-refractivity contribution >= 4 is 11.8 Å². The molecule has 4 aliphatic rings. The number of carbonyl (C=O) groups is 2. The van der Waals surface area contributed by atoms with Crippen LogP contribution in [0.1, 0.15) is 92.9 Å². The van der Waals surface area contributed by atoms with Crippen LogP contribution in [0.3, 0.4) is 0 Å². The Morgan fingerprint density at radius 2 is 1.80 bits per heavy atom. The Bertz CT molecular complexity index is 852. The molecule has 0 saturated heterocycles. The molecule has 4 fully saturated rings. The van der Waals surface area contributed by atoms with Gasteiger partial charge in [0.25, 0.3) is 0 Å². The Kier molecular flexibility index (Phi) is 7.36. The second-order valence-electron chi connectivity index (χ2n) is 13.3. The molecule has 4 rings (SSSR count). The normalized spacial score (nSPS) is 45.8. The van der Waals surface area contributed by atoms with Crippen molar-refractivity contribution < 1.29 is 24.5 Å². The molecule has 11 atom stereocenters. The summed E-state index contributed by atoms with van der Waals surface area (Å²) in [5, 5.41) is 21.8. The molecule has 35 heavy (non-hydrogen) atoms. The number of allylic oxidation sites excluding steroid dienone is 2. The van der Waals surface area contributed by atoms with Gasteiger partial charge in [0, 0.05) is 25.2 Å². The third-order valence-electron chi connectivity index (χ3n) is 11.5. The Labute approximate surface area is 212 Å². The molecule has 5 heteroatoms. The summed E-state index contributed by atoms with van der Waals surface area (Å²) in [4.78, 5) is 24.5. The summed E-state index contributed by atoms with van der Waals surface area (Å²) in [6.07, 6.45) is 10.8. The van der Waals surface area contributed by atoms with E-state index in [0.717, 1.165) is 19.3 Å². The highest BCUT2D eigenvalue weighted by molar-refractivity contribution is 5.89. The number of rotatable bonds is 6. The van der Waals surface area contributed by atoms with E-state index in [4.69, 9.17) is 4.74 Å². The summed E-state index contributed by atoms with van der Waals surface area (Å²) in [6, 6.07) is 0. The number of fused-ring (bicyclic) bond motifs is 5. The van der Waals surface area contributed by atoms with Gasteiger partial charge in [-0.3, -0.25) is 9.59 Å². The van der Waals surface area contributed by atoms with Gasteiger partial charge in [0.1, 0.15) is 5.60 Å². The zero-order valence-electron chi connectivity index (χ0n) is 22.8. The van der Waals surface area contributed by atoms with Crippen molar-refractivity contribution in [3.05, 3.63) is 12.2 Å². The van der Waals surface area contributed by atoms with Crippen molar-refractivity contribution in [2.75, 3.05) is 6.61 Å². The topological polar surface area (TPSA) is 83.8 Å². The van der Waals surface area contributed by atoms with Crippen LogP contribution in [-0.2, 0) is 14.3 Å². The van der Waals surface area contributed by atoms with Crippen LogP contribution in [-0.4, -0.2) is 40.3 Å². The van der Waals surface area contributed by atoms with E-state index in [-0.39, 0.29) is 29.5 Å². The lowest BCUT2D eigenvalue weighted by atomic mass is 9.42. The van der Waals surface area contributed by atoms with E-state index < -0.39 is 17.1 Å². The molecule has 4 aliphatic carbocycles. The number of carbonyl (C=O) groups excluding carboxylic acids is 2. The molecule has 198 valence electrons. The summed E-state index contributed by atoms with van der Waals surface area (Å²) in [7, 11) is 0. The molecule has 4 saturated carbocycles. The van der Waals surface area contributed by atoms with Gasteiger partial charge in [0.05, 0.1) is 12.7 Å². The smallest absolute Gasteiger partial charge is 0.302 e. The van der Waals surface area contributed by atoms with Gasteiger partial charge in [-0.2, -0.15) is 0 Å². The fourth-order valence-electron chi connectivity index (χ4n) is 9.00. The van der Waals surface area contributed by atoms with E-state index in [0.29, 0.717) is 55.0 Å². The number of hydrogen-bond donors (Lipinski definition) is 2. The van der Waals surface area contributed by atoms with Gasteiger partial charge in [-0.15, -0.1) is 0 Å². The highest BCUT2D eigenvalue weighted by Gasteiger charge is 2.67. The lowest BCUT2D eigenvalue weighted by molar-refractivity contribution is -0.213. The Morgan fingerprint density at radius 1 is 1.09 bits per heavy atom. The van der Waals surface area contributed by atoms with E-state index >= 15 is 0 Å². The van der Waals surface area contributed by atoms with Crippen LogP contribution in [0.2, 0.25) is 0 Å². The Balaban J connectivity index is 1.48. The molecular formula is C30H48O5. The minimum Gasteiger partial charge on any atom is -0.466 e. The lowest BCUT2D eigenvalue weighted by Crippen LogP contribution is -2.67. The average Bonchev–Trinajstić information content (AvgIpc) is 3.15. The van der Waals surface area contributed by atoms with Gasteiger partial charge in [-0.25, -0.2) is 0 Å². The van der Waals surface area contributed by atoms with Gasteiger partial charge in [-0.1, -0.05) is 46.8 Å². The SMILES string of the molecule is CC(=O)OC[C@@H](C)[C@H](C)/C=C/[C@@H](C)[C@H]1CC[C@H]2[C@@H]3CC(=O)[C@@]4(O)C[C@@H](O)CC[C@]4(C)[C@H]3CC[C@]12C. The van der Waals surface area contributed by atoms with Gasteiger partial charge >= 0.3 is 5.97 Å². The zero-order valence-corrected chi connectivity index (χ0v) is 22.8. The molecule has 0 aliphatic heterocycles. The van der Waals surface area contributed by atoms with Crippen molar-refractivity contribution in [1.82, 2.24) is 0 Å². The van der Waals surface area contributed by atoms with E-state index in [9.17, 15) is 19.8 Å². The standard InChI is InChI=1S/C30H48O5/c1-18(20(3)17-35-21(4)31)7-8-19(2)24-9-10-25-23-15-27(33)30(34)16-22(32)11-14-29(30,6)26(23)12-13-28(24,25)5/h7-8,18-20,22-26,32,34H,9-17H2,1-6H3/b8-7+/t18-,19-,20-,22+,23+,24-,25+,26+,28-,29-,30+/m1/s1. The first-order valence-corrected chi connectivity index (χ1v) is 14.1. The predicted octanol–water partition coefficient (Wildman–Crippen LogP) is 5.33. The number of esters is 1. The molecule has 0 aromatic carbocycles. The maximum Gasteiger partial charge on any atom is 0.302 e. The Morgan fingerprint density at radius 3 is 2.49 bits per heavy atom. The maximum absolute atomic E-state index is 13.4. The summed E-state index contributed by atoms with van der Waals surface area (Å²) >= 11 is 0. The minimum absolute atomic E-state index is 0.0174. The number of hydrogen-bond acceptors (Lipinski definition) is 5. The lowest BCUT2D eigenvalue weighted by Gasteiger charge is -2.63. The fraction of sp³-hybridized carbons (Fsp3) is 0.867. The van der Waals surface area contributed by atoms with Crippen LogP contribution in [0.4, 0.5) is 0 Å². The van der Waals surface area contributed by atoms with Crippen molar-refractivity contribution in [2.24, 2.45) is 52.3 Å². The van der Waals surface area contributed by atoms with Gasteiger partial charge in [0.15, 0.2) is 5.78 Å². The Hall–Kier alpha value is -1.20. The first kappa shape index (κ1) is 26.9. The second kappa shape index (κ2) is 9.59. The van der Waals surface area contributed by atoms with Gasteiger partial charge < -0.3 is 14.9 Å². The molecule has 0 aromatic rings. The molecule has 0 aromatic heterocycles. The predicted molar refractivity (Wildman–Crippen MR) is 136 cm³/mol. The second-order valence-corrected chi connectivity index (χ2v) is 13.3. The summed E-state index contributed by atoms with van der Waals surface area (Å²) in [5.74, 6) is 2.68. The highest BCUT2D eigenvalue weighted by atomic mass is 16.5. The summed E-state index contributed by atoms with van der Waals surface area (Å²) in [6.45, 7) is 13.2. The molecule has 0 spiro atoms. The van der Waals surface area contributed by atoms with Gasteiger partial charge in [0.2, 0.25) is 0 Å². The first-order valence-electron chi connectivity index (χ1n) is 14.1. The van der Waals surface area contributed by atoms with Crippen LogP contribution in [0.15, 0.2) is 12.2 Å². The number of ether oxygens (including phenoxy) is 1. The number of Topliss-reactive ketones (excluding diaryl/α,β-unsaturated/α-hetero) is 1. The van der Waals surface area contributed by atoms with Crippen LogP contribution in [0, 0.1) is 52.3 Å². The number of aliphatic hydroxyl groups is 2. The summed E-state index contributed by atoms with van der Waals surface area (Å²) in [5.41, 5.74) is -1.55. The molecule has 0 amide bonds. The van der Waals surface area contributed by atoms with E-state index in [1.165, 1.54) is 19.8 Å². The van der Waals surface area contributed by atoms with E-state index in [1.807, 2.05) is 0 Å². The molecule has 5 nitrogen and oxygen atoms in total. The first-order chi connectivity index (χ1) is 16.3. The largest absolute Gasteiger partial charge is 0.466 e. The van der Waals surface area contributed by atoms with Crippen molar-refractivity contribution in [1.29, 1.82) is 0 Å². The molecule has 2 N–H and O–H groups in total. The van der Waals surface area contributed by atoms with Crippen LogP contribution in [0.25, 0.3) is 0 Å². The monoisotopic (exact) mass is 488 g/mol. The molecule has 0 radical (unpaired) electrons. The van der Waals surface area contributed by atoms with Gasteiger partial charge in [-0.05, 0) is 85.4 Å². The van der Waals surface area contributed by atoms with Crippen LogP contribution >= 0.6 is 0 Å². The van der Waals surface area contributed by atoms with Crippen molar-refractivity contribution in [3.8, 4) is 0 Å². The van der Waals surface area contributed by atoms with Crippen LogP contribution in [0.5, 0.6) is 0 Å². The maximum atomic E-state index is 13.4. The third kappa shape index (κ3) is 4.43. The molecule has 0 bridgehead atoms. The fourth-order valence-corrected chi connectivity index (χ4v) is 9.00. The van der Waals surface area contributed by atoms with Crippen LogP contribution < -0.4 is 0 Å². The molecular weight excluding hydrogens is 440 g/mol. The summed E-state index contributed by atoms with van der Waals surface area (Å²) < 4.78 is 5.20. The number of aliphatic hydroxyl groups excluding tert-OH is 1. The van der Waals surface area contributed by atoms with Crippen molar-refractivity contribution in [3.63, 3.8) is 0 Å². The molecule has 0 heterocycles. The van der Waals surface area contributed by atoms with E-state index in [2.05, 4.69) is 46.8 Å². The average molecular weight is 489 g/mol. The molecule has 0 unspecified atom stereocenters. The minimum atomic E-state index is -1.35. The highest BCUT2D eigenvalue weighted by Crippen LogP contribution is 2.68. The third-order valence-corrected chi connectivity index (χ3v) is 11.5. The number of ketones is 1.